The fourth-order valence-corrected chi connectivity index (χ4v) is 1.60. The molecule has 1 aromatic rings. The Labute approximate surface area is 105 Å². The molecule has 1 aromatic heterocycles. The molecule has 0 bridgehead atoms. The summed E-state index contributed by atoms with van der Waals surface area (Å²) in [7, 11) is 0. The van der Waals surface area contributed by atoms with Crippen LogP contribution in [0.25, 0.3) is 0 Å². The molecule has 0 radical (unpaired) electrons. The van der Waals surface area contributed by atoms with Crippen molar-refractivity contribution in [3.8, 4) is 0 Å². The van der Waals surface area contributed by atoms with Gasteiger partial charge >= 0.3 is 17.8 Å². The van der Waals surface area contributed by atoms with Gasteiger partial charge in [-0.3, -0.25) is 4.57 Å². The zero-order valence-corrected chi connectivity index (χ0v) is 9.78. The van der Waals surface area contributed by atoms with Crippen LogP contribution in [0.2, 0.25) is 0 Å². The number of hydrogen-bond acceptors (Lipinski definition) is 4. The Kier molecular flexibility index (Phi) is 5.10. The summed E-state index contributed by atoms with van der Waals surface area (Å²) in [5, 5.41) is 16.5. The third kappa shape index (κ3) is 4.73. The molecule has 0 aromatic carbocycles. The maximum Gasteiger partial charge on any atom is 0.490 e. The first-order chi connectivity index (χ1) is 8.82. The molecule has 108 valence electrons. The molecule has 19 heavy (non-hydrogen) atoms. The first-order valence-electron chi connectivity index (χ1n) is 5.44. The maximum atomic E-state index is 11.1. The summed E-state index contributed by atoms with van der Waals surface area (Å²) in [5.41, 5.74) is -0.0955. The fourth-order valence-electron chi connectivity index (χ4n) is 1.60. The van der Waals surface area contributed by atoms with Crippen molar-refractivity contribution in [2.75, 3.05) is 13.1 Å². The fraction of sp³-hybridized carbons (Fsp3) is 0.667. The molecule has 0 atom stereocenters. The van der Waals surface area contributed by atoms with Crippen molar-refractivity contribution in [2.24, 2.45) is 0 Å². The summed E-state index contributed by atoms with van der Waals surface area (Å²) < 4.78 is 33.4. The lowest BCUT2D eigenvalue weighted by Crippen LogP contribution is -2.32. The first kappa shape index (κ1) is 15.2. The van der Waals surface area contributed by atoms with E-state index >= 15 is 0 Å². The summed E-state index contributed by atoms with van der Waals surface area (Å²) in [6, 6.07) is 0.331. The molecule has 7 nitrogen and oxygen atoms in total. The lowest BCUT2D eigenvalue weighted by atomic mass is 10.1. The van der Waals surface area contributed by atoms with Crippen molar-refractivity contribution >= 4 is 5.97 Å². The van der Waals surface area contributed by atoms with Gasteiger partial charge in [0.25, 0.3) is 0 Å². The van der Waals surface area contributed by atoms with Crippen LogP contribution in [0.5, 0.6) is 0 Å². The van der Waals surface area contributed by atoms with Gasteiger partial charge in [-0.2, -0.15) is 18.3 Å². The van der Waals surface area contributed by atoms with Gasteiger partial charge in [-0.15, -0.1) is 0 Å². The van der Waals surface area contributed by atoms with E-state index in [0.717, 1.165) is 25.9 Å². The molecule has 1 fully saturated rings. The lowest BCUT2D eigenvalue weighted by molar-refractivity contribution is -0.192. The monoisotopic (exact) mass is 282 g/mol. The first-order valence-corrected chi connectivity index (χ1v) is 5.44. The Morgan fingerprint density at radius 1 is 1.42 bits per heavy atom. The number of halogens is 3. The number of H-pyrrole nitrogens is 1. The van der Waals surface area contributed by atoms with Gasteiger partial charge in [-0.1, -0.05) is 0 Å². The number of aromatic nitrogens is 3. The molecule has 0 spiro atoms. The van der Waals surface area contributed by atoms with Gasteiger partial charge in [0.1, 0.15) is 6.33 Å². The molecule has 0 aliphatic carbocycles. The third-order valence-corrected chi connectivity index (χ3v) is 2.52. The van der Waals surface area contributed by atoms with Crippen LogP contribution in [-0.4, -0.2) is 45.1 Å². The Morgan fingerprint density at radius 2 is 1.95 bits per heavy atom. The van der Waals surface area contributed by atoms with E-state index in [0.29, 0.717) is 6.04 Å². The van der Waals surface area contributed by atoms with E-state index in [9.17, 15) is 18.0 Å². The summed E-state index contributed by atoms with van der Waals surface area (Å²) >= 11 is 0. The van der Waals surface area contributed by atoms with E-state index in [1.54, 1.807) is 10.9 Å². The zero-order valence-electron chi connectivity index (χ0n) is 9.78. The minimum Gasteiger partial charge on any atom is -0.475 e. The molecule has 1 aliphatic rings. The number of aromatic amines is 1. The number of carboxylic acids is 1. The van der Waals surface area contributed by atoms with E-state index in [1.807, 2.05) is 0 Å². The number of hydrogen-bond donors (Lipinski definition) is 3. The minimum absolute atomic E-state index is 0.0955. The second-order valence-corrected chi connectivity index (χ2v) is 3.85. The van der Waals surface area contributed by atoms with Crippen molar-refractivity contribution in [1.29, 1.82) is 0 Å². The highest BCUT2D eigenvalue weighted by molar-refractivity contribution is 5.73. The highest BCUT2D eigenvalue weighted by Crippen LogP contribution is 2.14. The third-order valence-electron chi connectivity index (χ3n) is 2.52. The highest BCUT2D eigenvalue weighted by atomic mass is 19.4. The summed E-state index contributed by atoms with van der Waals surface area (Å²) in [4.78, 5) is 20.0. The van der Waals surface area contributed by atoms with Crippen LogP contribution in [0.4, 0.5) is 13.2 Å². The van der Waals surface area contributed by atoms with Crippen LogP contribution in [-0.2, 0) is 4.79 Å². The molecule has 1 saturated heterocycles. The van der Waals surface area contributed by atoms with Gasteiger partial charge in [0.2, 0.25) is 0 Å². The predicted octanol–water partition coefficient (Wildman–Crippen LogP) is 0.129. The largest absolute Gasteiger partial charge is 0.490 e. The van der Waals surface area contributed by atoms with Crippen LogP contribution in [0.1, 0.15) is 18.9 Å². The second-order valence-electron chi connectivity index (χ2n) is 3.85. The number of alkyl halides is 3. The molecule has 3 N–H and O–H groups in total. The number of aliphatic carboxylic acids is 1. The smallest absolute Gasteiger partial charge is 0.475 e. The molecular formula is C9H13F3N4O3. The van der Waals surface area contributed by atoms with E-state index < -0.39 is 12.1 Å². The van der Waals surface area contributed by atoms with Gasteiger partial charge in [0.15, 0.2) is 0 Å². The van der Waals surface area contributed by atoms with Crippen molar-refractivity contribution in [3.63, 3.8) is 0 Å². The molecule has 0 unspecified atom stereocenters. The SMILES string of the molecule is O=C(O)C(F)(F)F.O=c1[nH]ncn1C1CCNCC1. The van der Waals surface area contributed by atoms with Crippen molar-refractivity contribution in [2.45, 2.75) is 25.1 Å². The van der Waals surface area contributed by atoms with Gasteiger partial charge in [0, 0.05) is 6.04 Å². The highest BCUT2D eigenvalue weighted by Gasteiger charge is 2.38. The predicted molar refractivity (Wildman–Crippen MR) is 57.7 cm³/mol. The lowest BCUT2D eigenvalue weighted by Gasteiger charge is -2.22. The summed E-state index contributed by atoms with van der Waals surface area (Å²) in [5.74, 6) is -2.76. The van der Waals surface area contributed by atoms with Crippen molar-refractivity contribution in [3.05, 3.63) is 16.8 Å². The number of nitrogens with zero attached hydrogens (tertiary/aromatic N) is 2. The minimum atomic E-state index is -5.08. The quantitative estimate of drug-likeness (QED) is 0.680. The van der Waals surface area contributed by atoms with Gasteiger partial charge < -0.3 is 10.4 Å². The number of nitrogens with one attached hydrogen (secondary N) is 2. The van der Waals surface area contributed by atoms with Gasteiger partial charge in [-0.25, -0.2) is 14.7 Å². The Morgan fingerprint density at radius 3 is 2.32 bits per heavy atom. The van der Waals surface area contributed by atoms with Crippen LogP contribution in [0.3, 0.4) is 0 Å². The number of carbonyl (C=O) groups is 1. The second kappa shape index (κ2) is 6.36. The van der Waals surface area contributed by atoms with Crippen LogP contribution in [0.15, 0.2) is 11.1 Å². The van der Waals surface area contributed by atoms with E-state index in [4.69, 9.17) is 9.90 Å². The normalized spacial score (nSPS) is 16.6. The average molecular weight is 282 g/mol. The Bertz CT molecular complexity index is 462. The van der Waals surface area contributed by atoms with E-state index in [1.165, 1.54) is 0 Å². The maximum absolute atomic E-state index is 11.1. The van der Waals surface area contributed by atoms with Gasteiger partial charge in [-0.05, 0) is 25.9 Å². The standard InChI is InChI=1S/C7H12N4O.C2HF3O2/c12-7-10-9-5-11(7)6-1-3-8-4-2-6;3-2(4,5)1(6)7/h5-6,8H,1-4H2,(H,10,12);(H,6,7). The van der Waals surface area contributed by atoms with Crippen LogP contribution in [0, 0.1) is 0 Å². The molecule has 0 amide bonds. The number of rotatable bonds is 1. The number of carboxylic acid groups (broad SMARTS) is 1. The molecule has 2 heterocycles. The molecule has 0 saturated carbocycles. The molecule has 10 heteroatoms. The summed E-state index contributed by atoms with van der Waals surface area (Å²) in [6.45, 7) is 1.98. The number of piperidine rings is 1. The summed E-state index contributed by atoms with van der Waals surface area (Å²) in [6.07, 6.45) is -1.48. The van der Waals surface area contributed by atoms with Crippen molar-refractivity contribution in [1.82, 2.24) is 20.1 Å². The van der Waals surface area contributed by atoms with E-state index in [2.05, 4.69) is 15.5 Å². The Balaban J connectivity index is 0.000000224. The molecular weight excluding hydrogens is 269 g/mol. The van der Waals surface area contributed by atoms with Crippen molar-refractivity contribution < 1.29 is 23.1 Å². The Hall–Kier alpha value is -1.84. The van der Waals surface area contributed by atoms with E-state index in [-0.39, 0.29) is 5.69 Å². The van der Waals surface area contributed by atoms with Crippen LogP contribution >= 0.6 is 0 Å². The average Bonchev–Trinajstić information content (AvgIpc) is 2.76. The zero-order chi connectivity index (χ0) is 14.5. The van der Waals surface area contributed by atoms with Gasteiger partial charge in [0.05, 0.1) is 0 Å². The molecule has 1 aliphatic heterocycles. The topological polar surface area (TPSA) is 100 Å². The van der Waals surface area contributed by atoms with Crippen LogP contribution < -0.4 is 11.0 Å². The molecule has 2 rings (SSSR count).